The number of carboxylic acid groups (broad SMARTS) is 1. The van der Waals surface area contributed by atoms with E-state index in [9.17, 15) is 15.0 Å². The van der Waals surface area contributed by atoms with Crippen molar-refractivity contribution in [3.05, 3.63) is 29.3 Å². The number of hydrogen-bond acceptors (Lipinski definition) is 3. The van der Waals surface area contributed by atoms with E-state index in [-0.39, 0.29) is 11.5 Å². The van der Waals surface area contributed by atoms with E-state index >= 15 is 0 Å². The van der Waals surface area contributed by atoms with Gasteiger partial charge in [-0.1, -0.05) is 19.9 Å². The summed E-state index contributed by atoms with van der Waals surface area (Å²) in [5.74, 6) is 1.78. The Bertz CT molecular complexity index is 656. The first kappa shape index (κ1) is 19.2. The Hall–Kier alpha value is -1.55. The highest BCUT2D eigenvalue weighted by molar-refractivity contribution is 5.66. The largest absolute Gasteiger partial charge is 0.508 e. The average molecular weight is 360 g/mol. The van der Waals surface area contributed by atoms with Crippen LogP contribution in [0.1, 0.15) is 75.8 Å². The maximum absolute atomic E-state index is 10.4. The lowest BCUT2D eigenvalue weighted by atomic mass is 9.55. The van der Waals surface area contributed by atoms with Gasteiger partial charge in [-0.25, -0.2) is 0 Å². The molecule has 0 bridgehead atoms. The minimum absolute atomic E-state index is 0.0883. The summed E-state index contributed by atoms with van der Waals surface area (Å²) in [6, 6.07) is 5.96. The normalized spacial score (nSPS) is 34.7. The van der Waals surface area contributed by atoms with Crippen molar-refractivity contribution in [1.82, 2.24) is 0 Å². The minimum atomic E-state index is -0.711. The molecule has 4 heteroatoms. The molecule has 4 nitrogen and oxygen atoms in total. The standard InChI is InChI=1S/C18H24O2.C4H8O2/c1-18-9-8-14-13-5-3-12(19)10-11(13)2-4-15(14)16(18)6-7-17(18)20;1-2-3-4(5)6/h3,5,10,14-17,19-20H,2,4,6-9H2,1H3;2-3H2,1H3,(H,5,6)/t14-,15-,16+,17?,18+;/m1./s1. The monoisotopic (exact) mass is 360 g/mol. The van der Waals surface area contributed by atoms with E-state index in [0.717, 1.165) is 31.6 Å². The summed E-state index contributed by atoms with van der Waals surface area (Å²) in [6.45, 7) is 4.16. The van der Waals surface area contributed by atoms with Crippen LogP contribution in [0, 0.1) is 17.3 Å². The summed E-state index contributed by atoms with van der Waals surface area (Å²) in [4.78, 5) is 9.60. The van der Waals surface area contributed by atoms with Gasteiger partial charge in [0.15, 0.2) is 0 Å². The molecule has 0 aromatic heterocycles. The Labute approximate surface area is 156 Å². The zero-order chi connectivity index (χ0) is 18.9. The highest BCUT2D eigenvalue weighted by Crippen LogP contribution is 2.60. The van der Waals surface area contributed by atoms with E-state index in [1.165, 1.54) is 30.4 Å². The zero-order valence-corrected chi connectivity index (χ0v) is 15.9. The van der Waals surface area contributed by atoms with Gasteiger partial charge in [-0.2, -0.15) is 0 Å². The van der Waals surface area contributed by atoms with Gasteiger partial charge in [0, 0.05) is 6.42 Å². The summed E-state index contributed by atoms with van der Waals surface area (Å²) < 4.78 is 0. The lowest BCUT2D eigenvalue weighted by molar-refractivity contribution is -0.137. The van der Waals surface area contributed by atoms with Crippen LogP contribution in [-0.2, 0) is 11.2 Å². The predicted molar refractivity (Wildman–Crippen MR) is 101 cm³/mol. The first-order valence-corrected chi connectivity index (χ1v) is 10.1. The molecular formula is C22H32O4. The quantitative estimate of drug-likeness (QED) is 0.726. The van der Waals surface area contributed by atoms with Gasteiger partial charge in [0.25, 0.3) is 0 Å². The molecule has 144 valence electrons. The molecule has 0 heterocycles. The third-order valence-electron chi connectivity index (χ3n) is 7.12. The van der Waals surface area contributed by atoms with Crippen LogP contribution < -0.4 is 0 Å². The molecule has 3 aliphatic carbocycles. The number of aryl methyl sites for hydroxylation is 1. The number of phenols is 1. The van der Waals surface area contributed by atoms with Gasteiger partial charge in [-0.15, -0.1) is 0 Å². The van der Waals surface area contributed by atoms with E-state index in [1.54, 1.807) is 0 Å². The Kier molecular flexibility index (Phi) is 5.61. The lowest BCUT2D eigenvalue weighted by Gasteiger charge is -2.50. The molecule has 3 aliphatic rings. The fourth-order valence-electron chi connectivity index (χ4n) is 5.76. The number of aliphatic carboxylic acids is 1. The second kappa shape index (κ2) is 7.59. The van der Waals surface area contributed by atoms with Crippen molar-refractivity contribution in [3.63, 3.8) is 0 Å². The molecule has 2 saturated carbocycles. The molecule has 5 atom stereocenters. The van der Waals surface area contributed by atoms with Crippen LogP contribution in [0.15, 0.2) is 18.2 Å². The molecule has 1 aromatic carbocycles. The van der Waals surface area contributed by atoms with Gasteiger partial charge >= 0.3 is 5.97 Å². The average Bonchev–Trinajstić information content (AvgIpc) is 2.90. The second-order valence-electron chi connectivity index (χ2n) is 8.58. The van der Waals surface area contributed by atoms with Crippen LogP contribution in [0.3, 0.4) is 0 Å². The van der Waals surface area contributed by atoms with Crippen molar-refractivity contribution in [2.45, 2.75) is 77.2 Å². The first-order valence-electron chi connectivity index (χ1n) is 10.1. The number of aliphatic hydroxyl groups excluding tert-OH is 1. The Morgan fingerprint density at radius 3 is 2.65 bits per heavy atom. The van der Waals surface area contributed by atoms with Crippen LogP contribution >= 0.6 is 0 Å². The smallest absolute Gasteiger partial charge is 0.303 e. The van der Waals surface area contributed by atoms with E-state index < -0.39 is 5.97 Å². The number of phenolic OH excluding ortho intramolecular Hbond substituents is 1. The van der Waals surface area contributed by atoms with E-state index in [2.05, 4.69) is 13.0 Å². The van der Waals surface area contributed by atoms with E-state index in [1.807, 2.05) is 19.1 Å². The highest BCUT2D eigenvalue weighted by Gasteiger charge is 2.54. The van der Waals surface area contributed by atoms with Crippen molar-refractivity contribution >= 4 is 5.97 Å². The van der Waals surface area contributed by atoms with Crippen LogP contribution in [0.25, 0.3) is 0 Å². The van der Waals surface area contributed by atoms with Crippen molar-refractivity contribution in [2.24, 2.45) is 17.3 Å². The van der Waals surface area contributed by atoms with Crippen molar-refractivity contribution in [3.8, 4) is 5.75 Å². The van der Waals surface area contributed by atoms with Gasteiger partial charge in [-0.05, 0) is 91.4 Å². The molecule has 3 N–H and O–H groups in total. The fraction of sp³-hybridized carbons (Fsp3) is 0.682. The highest BCUT2D eigenvalue weighted by atomic mass is 16.4. The fourth-order valence-corrected chi connectivity index (χ4v) is 5.76. The number of hydrogen-bond donors (Lipinski definition) is 3. The van der Waals surface area contributed by atoms with Gasteiger partial charge in [0.2, 0.25) is 0 Å². The number of carbonyl (C=O) groups is 1. The number of carboxylic acids is 1. The molecule has 1 unspecified atom stereocenters. The molecule has 0 saturated heterocycles. The molecule has 0 aliphatic heterocycles. The summed E-state index contributed by atoms with van der Waals surface area (Å²) in [5, 5.41) is 28.0. The molecule has 1 aromatic rings. The molecule has 0 amide bonds. The first-order chi connectivity index (χ1) is 12.4. The van der Waals surface area contributed by atoms with E-state index in [0.29, 0.717) is 24.0 Å². The zero-order valence-electron chi connectivity index (χ0n) is 15.9. The summed E-state index contributed by atoms with van der Waals surface area (Å²) >= 11 is 0. The molecule has 0 radical (unpaired) electrons. The topological polar surface area (TPSA) is 77.8 Å². The number of aromatic hydroxyl groups is 1. The Morgan fingerprint density at radius 1 is 1.23 bits per heavy atom. The van der Waals surface area contributed by atoms with Crippen molar-refractivity contribution < 1.29 is 20.1 Å². The van der Waals surface area contributed by atoms with E-state index in [4.69, 9.17) is 5.11 Å². The number of rotatable bonds is 2. The van der Waals surface area contributed by atoms with Crippen LogP contribution in [0.2, 0.25) is 0 Å². The maximum Gasteiger partial charge on any atom is 0.303 e. The third-order valence-corrected chi connectivity index (χ3v) is 7.12. The summed E-state index contributed by atoms with van der Waals surface area (Å²) in [7, 11) is 0. The molecule has 26 heavy (non-hydrogen) atoms. The Morgan fingerprint density at radius 2 is 2.00 bits per heavy atom. The van der Waals surface area contributed by atoms with Crippen molar-refractivity contribution in [2.75, 3.05) is 0 Å². The summed E-state index contributed by atoms with van der Waals surface area (Å²) in [5.41, 5.74) is 2.99. The van der Waals surface area contributed by atoms with Gasteiger partial charge in [0.05, 0.1) is 6.10 Å². The third kappa shape index (κ3) is 3.48. The van der Waals surface area contributed by atoms with Crippen LogP contribution in [0.5, 0.6) is 5.75 Å². The maximum atomic E-state index is 10.4. The van der Waals surface area contributed by atoms with Crippen molar-refractivity contribution in [1.29, 1.82) is 0 Å². The number of benzene rings is 1. The SMILES string of the molecule is CCCC(=O)O.C[C@]12CC[C@@H]3c4ccc(O)cc4CC[C@H]3[C@@H]1CCC2O. The second-order valence-corrected chi connectivity index (χ2v) is 8.58. The molecule has 4 rings (SSSR count). The van der Waals surface area contributed by atoms with Crippen LogP contribution in [0.4, 0.5) is 0 Å². The molecule has 2 fully saturated rings. The lowest BCUT2D eigenvalue weighted by Crippen LogP contribution is -2.43. The van der Waals surface area contributed by atoms with Gasteiger partial charge in [-0.3, -0.25) is 4.79 Å². The predicted octanol–water partition coefficient (Wildman–Crippen LogP) is 4.48. The van der Waals surface area contributed by atoms with Crippen LogP contribution in [-0.4, -0.2) is 27.4 Å². The van der Waals surface area contributed by atoms with Gasteiger partial charge < -0.3 is 15.3 Å². The molecule has 0 spiro atoms. The molecular weight excluding hydrogens is 328 g/mol. The van der Waals surface area contributed by atoms with Gasteiger partial charge in [0.1, 0.15) is 5.75 Å². The number of aliphatic hydroxyl groups is 1. The number of fused-ring (bicyclic) bond motifs is 5. The Balaban J connectivity index is 0.000000286. The minimum Gasteiger partial charge on any atom is -0.508 e. The summed E-state index contributed by atoms with van der Waals surface area (Å²) in [6.07, 6.45) is 7.80.